The summed E-state index contributed by atoms with van der Waals surface area (Å²) in [5.41, 5.74) is 2.50. The Hall–Kier alpha value is -2.06. The van der Waals surface area contributed by atoms with Crippen molar-refractivity contribution in [3.63, 3.8) is 0 Å². The zero-order valence-electron chi connectivity index (χ0n) is 17.2. The van der Waals surface area contributed by atoms with Crippen molar-refractivity contribution in [1.82, 2.24) is 0 Å². The van der Waals surface area contributed by atoms with Crippen LogP contribution in [0.25, 0.3) is 11.1 Å². The Morgan fingerprint density at radius 3 is 1.90 bits per heavy atom. The molecule has 0 saturated heterocycles. The van der Waals surface area contributed by atoms with E-state index in [1.54, 1.807) is 7.11 Å². The number of hydrogen-bond acceptors (Lipinski definition) is 3. The fraction of sp³-hybridized carbons (Fsp3) is 0.250. The quantitative estimate of drug-likeness (QED) is 0.246. The molecule has 0 aliphatic rings. The fourth-order valence-electron chi connectivity index (χ4n) is 2.47. The normalized spacial score (nSPS) is 10.1. The van der Waals surface area contributed by atoms with Crippen LogP contribution < -0.4 is 4.74 Å². The Labute approximate surface area is 184 Å². The third-order valence-corrected chi connectivity index (χ3v) is 6.92. The molecule has 3 aromatic carbocycles. The second kappa shape index (κ2) is 14.9. The van der Waals surface area contributed by atoms with E-state index in [2.05, 4.69) is 65.2 Å². The zero-order chi connectivity index (χ0) is 21.4. The third-order valence-electron chi connectivity index (χ3n) is 4.26. The maximum atomic E-state index is 7.94. The van der Waals surface area contributed by atoms with E-state index >= 15 is 0 Å². The summed E-state index contributed by atoms with van der Waals surface area (Å²) >= 11 is 2.31. The summed E-state index contributed by atoms with van der Waals surface area (Å²) in [5, 5.41) is 0. The average molecular weight is 452 g/mol. The standard InChI is InChI=1S/C12H19O2Si.C12H9.Co.O/c1-13-15(2,3)11-7-10-14-12-8-5-4-6-9-12;1-3-7-11(8-4-1)12-9-5-2-6-10-12;;/h5-6,8-9H,7,10-11H2,1-3H3;1,3-10H;;/q2*-1;;. The minimum absolute atomic E-state index is 0.768. The van der Waals surface area contributed by atoms with Gasteiger partial charge in [-0.2, -0.15) is 48.5 Å². The van der Waals surface area contributed by atoms with E-state index in [0.29, 0.717) is 0 Å². The SMILES string of the molecule is CO[Si](C)(C)CCCOc1cc[c-]cc1.[O]=[Co].[c-]1ccc(-c2ccccc2)cc1. The third kappa shape index (κ3) is 10.9. The van der Waals surface area contributed by atoms with Gasteiger partial charge in [-0.1, -0.05) is 30.3 Å². The van der Waals surface area contributed by atoms with Gasteiger partial charge in [-0.15, -0.1) is 17.7 Å². The molecular formula is C24H28CoO3Si-2. The van der Waals surface area contributed by atoms with Crippen LogP contribution in [0.15, 0.2) is 78.9 Å². The topological polar surface area (TPSA) is 35.5 Å². The molecule has 0 bridgehead atoms. The van der Waals surface area contributed by atoms with Crippen LogP contribution in [-0.2, 0) is 24.0 Å². The molecule has 0 radical (unpaired) electrons. The van der Waals surface area contributed by atoms with Crippen molar-refractivity contribution >= 4 is 8.32 Å². The molecule has 3 aromatic rings. The Balaban J connectivity index is 0.000000272. The van der Waals surface area contributed by atoms with Crippen LogP contribution in [0.5, 0.6) is 5.75 Å². The Morgan fingerprint density at radius 2 is 1.34 bits per heavy atom. The fourth-order valence-corrected chi connectivity index (χ4v) is 3.67. The average Bonchev–Trinajstić information content (AvgIpc) is 2.80. The molecule has 0 atom stereocenters. The molecule has 0 amide bonds. The van der Waals surface area contributed by atoms with E-state index in [4.69, 9.17) is 13.0 Å². The first-order valence-corrected chi connectivity index (χ1v) is 12.9. The van der Waals surface area contributed by atoms with Crippen LogP contribution in [0.1, 0.15) is 6.42 Å². The summed E-state index contributed by atoms with van der Waals surface area (Å²) in [7, 11) is 0.404. The Morgan fingerprint density at radius 1 is 0.828 bits per heavy atom. The number of ether oxygens (including phenoxy) is 1. The number of benzene rings is 3. The van der Waals surface area contributed by atoms with E-state index < -0.39 is 8.32 Å². The molecule has 0 spiro atoms. The van der Waals surface area contributed by atoms with Gasteiger partial charge in [-0.3, -0.25) is 0 Å². The van der Waals surface area contributed by atoms with Crippen LogP contribution in [0.2, 0.25) is 19.1 Å². The molecule has 157 valence electrons. The van der Waals surface area contributed by atoms with Gasteiger partial charge < -0.3 is 9.16 Å². The summed E-state index contributed by atoms with van der Waals surface area (Å²) in [6.07, 6.45) is 1.06. The molecule has 0 N–H and O–H groups in total. The van der Waals surface area contributed by atoms with Gasteiger partial charge >= 0.3 is 19.5 Å². The predicted molar refractivity (Wildman–Crippen MR) is 116 cm³/mol. The van der Waals surface area contributed by atoms with Crippen molar-refractivity contribution in [2.45, 2.75) is 25.6 Å². The van der Waals surface area contributed by atoms with Gasteiger partial charge in [0.1, 0.15) is 0 Å². The van der Waals surface area contributed by atoms with Crippen LogP contribution in [-0.4, -0.2) is 22.0 Å². The van der Waals surface area contributed by atoms with Crippen LogP contribution >= 0.6 is 0 Å². The molecular weight excluding hydrogens is 423 g/mol. The van der Waals surface area contributed by atoms with Gasteiger partial charge in [0, 0.05) is 12.9 Å². The largest absolute Gasteiger partial charge is 0.184 e. The Kier molecular flexibility index (Phi) is 12.8. The van der Waals surface area contributed by atoms with Gasteiger partial charge in [0.25, 0.3) is 0 Å². The van der Waals surface area contributed by atoms with Crippen LogP contribution in [0.4, 0.5) is 0 Å². The minimum atomic E-state index is -1.40. The van der Waals surface area contributed by atoms with E-state index in [1.807, 2.05) is 54.6 Å². The maximum Gasteiger partial charge on any atom is -0.0426 e. The first-order chi connectivity index (χ1) is 14.1. The van der Waals surface area contributed by atoms with Gasteiger partial charge in [0.2, 0.25) is 0 Å². The zero-order valence-corrected chi connectivity index (χ0v) is 19.2. The summed E-state index contributed by atoms with van der Waals surface area (Å²) in [6, 6.07) is 33.0. The van der Waals surface area contributed by atoms with Crippen molar-refractivity contribution in [1.29, 1.82) is 0 Å². The van der Waals surface area contributed by atoms with Gasteiger partial charge in [-0.25, -0.2) is 0 Å². The monoisotopic (exact) mass is 451 g/mol. The van der Waals surface area contributed by atoms with Gasteiger partial charge in [0.15, 0.2) is 8.32 Å². The van der Waals surface area contributed by atoms with Crippen molar-refractivity contribution in [3.05, 3.63) is 91.0 Å². The number of rotatable bonds is 7. The molecule has 0 fully saturated rings. The van der Waals surface area contributed by atoms with E-state index in [0.717, 1.165) is 24.8 Å². The number of hydrogen-bond donors (Lipinski definition) is 0. The van der Waals surface area contributed by atoms with Gasteiger partial charge in [0.05, 0.1) is 6.61 Å². The van der Waals surface area contributed by atoms with Gasteiger partial charge in [-0.05, 0) is 31.1 Å². The maximum absolute atomic E-state index is 7.94. The van der Waals surface area contributed by atoms with Crippen LogP contribution in [0.3, 0.4) is 0 Å². The summed E-state index contributed by atoms with van der Waals surface area (Å²) in [6.45, 7) is 5.22. The molecule has 29 heavy (non-hydrogen) atoms. The van der Waals surface area contributed by atoms with E-state index in [1.165, 1.54) is 11.1 Å². The molecule has 3 nitrogen and oxygen atoms in total. The molecule has 5 heteroatoms. The summed E-state index contributed by atoms with van der Waals surface area (Å²) in [5.74, 6) is 0.922. The van der Waals surface area contributed by atoms with E-state index in [-0.39, 0.29) is 0 Å². The second-order valence-electron chi connectivity index (χ2n) is 6.81. The molecule has 0 aliphatic heterocycles. The molecule has 0 heterocycles. The van der Waals surface area contributed by atoms with Crippen molar-refractivity contribution < 1.29 is 28.7 Å². The smallest absolute Gasteiger partial charge is 0.0426 e. The first-order valence-electron chi connectivity index (χ1n) is 9.40. The molecule has 0 saturated carbocycles. The van der Waals surface area contributed by atoms with Crippen molar-refractivity contribution in [2.24, 2.45) is 0 Å². The van der Waals surface area contributed by atoms with Crippen molar-refractivity contribution in [3.8, 4) is 16.9 Å². The second-order valence-corrected chi connectivity index (χ2v) is 11.2. The summed E-state index contributed by atoms with van der Waals surface area (Å²) < 4.78 is 19.0. The predicted octanol–water partition coefficient (Wildman–Crippen LogP) is 6.14. The molecule has 0 unspecified atom stereocenters. The van der Waals surface area contributed by atoms with Crippen molar-refractivity contribution in [2.75, 3.05) is 13.7 Å². The molecule has 3 rings (SSSR count). The first kappa shape index (κ1) is 25.0. The van der Waals surface area contributed by atoms with E-state index in [9.17, 15) is 0 Å². The Bertz CT molecular complexity index is 730. The molecule has 0 aromatic heterocycles. The van der Waals surface area contributed by atoms with Crippen LogP contribution in [0, 0.1) is 12.1 Å². The minimum Gasteiger partial charge on any atom is -0.184 e. The summed E-state index contributed by atoms with van der Waals surface area (Å²) in [4.78, 5) is 0. The molecule has 0 aliphatic carbocycles.